The summed E-state index contributed by atoms with van der Waals surface area (Å²) in [5.74, 6) is 1.01. The van der Waals surface area contributed by atoms with Crippen molar-refractivity contribution in [2.45, 2.75) is 6.92 Å². The normalized spacial score (nSPS) is 10.0. The third-order valence-electron chi connectivity index (χ3n) is 3.71. The molecule has 138 valence electrons. The Morgan fingerprint density at radius 2 is 1.65 bits per heavy atom. The summed E-state index contributed by atoms with van der Waals surface area (Å²) < 4.78 is 15.6. The number of hydrogen-bond donors (Lipinski definition) is 1. The number of amides is 2. The van der Waals surface area contributed by atoms with Crippen molar-refractivity contribution >= 4 is 23.2 Å². The first-order valence-corrected chi connectivity index (χ1v) is 7.92. The number of nitrogens with zero attached hydrogens (tertiary/aromatic N) is 1. The SMILES string of the molecule is COc1cccc(NC(=O)CN(C(C)=O)c2cc(OC)ccc2OC)c1. The average molecular weight is 358 g/mol. The molecule has 1 N–H and O–H groups in total. The fraction of sp³-hybridized carbons (Fsp3) is 0.263. The lowest BCUT2D eigenvalue weighted by Crippen LogP contribution is -2.37. The Morgan fingerprint density at radius 1 is 0.962 bits per heavy atom. The van der Waals surface area contributed by atoms with Crippen LogP contribution in [0.15, 0.2) is 42.5 Å². The fourth-order valence-corrected chi connectivity index (χ4v) is 2.42. The first kappa shape index (κ1) is 19.1. The number of ether oxygens (including phenoxy) is 3. The van der Waals surface area contributed by atoms with Crippen LogP contribution in [0.5, 0.6) is 17.2 Å². The third kappa shape index (κ3) is 4.66. The molecule has 0 aromatic heterocycles. The number of carbonyl (C=O) groups excluding carboxylic acids is 2. The smallest absolute Gasteiger partial charge is 0.244 e. The monoisotopic (exact) mass is 358 g/mol. The summed E-state index contributed by atoms with van der Waals surface area (Å²) in [6, 6.07) is 12.0. The van der Waals surface area contributed by atoms with Gasteiger partial charge in [-0.15, -0.1) is 0 Å². The Balaban J connectivity index is 2.22. The van der Waals surface area contributed by atoms with Gasteiger partial charge >= 0.3 is 0 Å². The van der Waals surface area contributed by atoms with Gasteiger partial charge in [0.2, 0.25) is 11.8 Å². The molecule has 0 spiro atoms. The van der Waals surface area contributed by atoms with Gasteiger partial charge in [-0.2, -0.15) is 0 Å². The first-order chi connectivity index (χ1) is 12.5. The predicted octanol–water partition coefficient (Wildman–Crippen LogP) is 2.70. The maximum atomic E-state index is 12.4. The Hall–Kier alpha value is -3.22. The van der Waals surface area contributed by atoms with Gasteiger partial charge in [-0.3, -0.25) is 14.5 Å². The van der Waals surface area contributed by atoms with Crippen molar-refractivity contribution in [1.29, 1.82) is 0 Å². The molecule has 0 radical (unpaired) electrons. The minimum Gasteiger partial charge on any atom is -0.497 e. The molecular formula is C19H22N2O5. The Bertz CT molecular complexity index is 791. The van der Waals surface area contributed by atoms with E-state index in [1.54, 1.807) is 49.6 Å². The van der Waals surface area contributed by atoms with Crippen LogP contribution in [0, 0.1) is 0 Å². The summed E-state index contributed by atoms with van der Waals surface area (Å²) >= 11 is 0. The second-order valence-corrected chi connectivity index (χ2v) is 5.42. The van der Waals surface area contributed by atoms with E-state index in [2.05, 4.69) is 5.32 Å². The zero-order chi connectivity index (χ0) is 19.1. The first-order valence-electron chi connectivity index (χ1n) is 7.92. The standard InChI is InChI=1S/C19H22N2O5/c1-13(22)21(17-11-16(25-3)8-9-18(17)26-4)12-19(23)20-14-6-5-7-15(10-14)24-2/h5-11H,12H2,1-4H3,(H,20,23). The molecule has 26 heavy (non-hydrogen) atoms. The van der Waals surface area contributed by atoms with Gasteiger partial charge in [0.15, 0.2) is 0 Å². The van der Waals surface area contributed by atoms with Gasteiger partial charge in [-0.05, 0) is 24.3 Å². The van der Waals surface area contributed by atoms with E-state index in [0.717, 1.165) is 0 Å². The fourth-order valence-electron chi connectivity index (χ4n) is 2.42. The number of hydrogen-bond acceptors (Lipinski definition) is 5. The minimum absolute atomic E-state index is 0.171. The molecule has 0 saturated heterocycles. The summed E-state index contributed by atoms with van der Waals surface area (Å²) in [4.78, 5) is 25.9. The maximum absolute atomic E-state index is 12.4. The van der Waals surface area contributed by atoms with Crippen molar-refractivity contribution < 1.29 is 23.8 Å². The highest BCUT2D eigenvalue weighted by Gasteiger charge is 2.20. The molecule has 0 fully saturated rings. The second-order valence-electron chi connectivity index (χ2n) is 5.42. The molecule has 2 rings (SSSR count). The summed E-state index contributed by atoms with van der Waals surface area (Å²) in [6.45, 7) is 1.22. The summed E-state index contributed by atoms with van der Waals surface area (Å²) in [6.07, 6.45) is 0. The van der Waals surface area contributed by atoms with Crippen molar-refractivity contribution in [2.24, 2.45) is 0 Å². The van der Waals surface area contributed by atoms with E-state index in [1.165, 1.54) is 26.0 Å². The summed E-state index contributed by atoms with van der Waals surface area (Å²) in [5, 5.41) is 2.75. The van der Waals surface area contributed by atoms with Crippen LogP contribution in [0.1, 0.15) is 6.92 Å². The van der Waals surface area contributed by atoms with E-state index >= 15 is 0 Å². The molecule has 2 aromatic rings. The maximum Gasteiger partial charge on any atom is 0.244 e. The van der Waals surface area contributed by atoms with Crippen LogP contribution in [0.2, 0.25) is 0 Å². The van der Waals surface area contributed by atoms with Crippen molar-refractivity contribution in [1.82, 2.24) is 0 Å². The molecule has 7 heteroatoms. The van der Waals surface area contributed by atoms with Crippen LogP contribution in [0.4, 0.5) is 11.4 Å². The van der Waals surface area contributed by atoms with Gasteiger partial charge in [-0.25, -0.2) is 0 Å². The minimum atomic E-state index is -0.349. The molecule has 0 bridgehead atoms. The number of rotatable bonds is 7. The molecule has 0 saturated carbocycles. The second kappa shape index (κ2) is 8.75. The lowest BCUT2D eigenvalue weighted by atomic mass is 10.2. The molecule has 2 aromatic carbocycles. The van der Waals surface area contributed by atoms with Crippen molar-refractivity contribution in [3.05, 3.63) is 42.5 Å². The molecule has 0 atom stereocenters. The Labute approximate surface area is 152 Å². The van der Waals surface area contributed by atoms with Crippen LogP contribution in [0.25, 0.3) is 0 Å². The Morgan fingerprint density at radius 3 is 2.27 bits per heavy atom. The highest BCUT2D eigenvalue weighted by molar-refractivity contribution is 6.02. The number of benzene rings is 2. The third-order valence-corrected chi connectivity index (χ3v) is 3.71. The van der Waals surface area contributed by atoms with Crippen LogP contribution in [-0.2, 0) is 9.59 Å². The molecule has 0 aliphatic rings. The number of nitrogens with one attached hydrogen (secondary N) is 1. The largest absolute Gasteiger partial charge is 0.497 e. The molecule has 0 heterocycles. The molecule has 0 aliphatic carbocycles. The molecule has 2 amide bonds. The topological polar surface area (TPSA) is 77.1 Å². The van der Waals surface area contributed by atoms with E-state index in [1.807, 2.05) is 0 Å². The van der Waals surface area contributed by atoms with Crippen molar-refractivity contribution in [3.63, 3.8) is 0 Å². The van der Waals surface area contributed by atoms with Crippen LogP contribution < -0.4 is 24.4 Å². The molecule has 0 unspecified atom stereocenters. The Kier molecular flexibility index (Phi) is 6.43. The molecule has 0 aliphatic heterocycles. The van der Waals surface area contributed by atoms with Gasteiger partial charge in [0, 0.05) is 24.7 Å². The molecule has 7 nitrogen and oxygen atoms in total. The van der Waals surface area contributed by atoms with E-state index in [4.69, 9.17) is 14.2 Å². The van der Waals surface area contributed by atoms with Gasteiger partial charge in [0.05, 0.1) is 27.0 Å². The number of methoxy groups -OCH3 is 3. The van der Waals surface area contributed by atoms with E-state index in [-0.39, 0.29) is 18.4 Å². The van der Waals surface area contributed by atoms with Crippen molar-refractivity contribution in [3.8, 4) is 17.2 Å². The van der Waals surface area contributed by atoms with Gasteiger partial charge in [0.1, 0.15) is 23.8 Å². The van der Waals surface area contributed by atoms with Crippen LogP contribution in [-0.4, -0.2) is 39.7 Å². The van der Waals surface area contributed by atoms with Crippen LogP contribution in [0.3, 0.4) is 0 Å². The van der Waals surface area contributed by atoms with Gasteiger partial charge in [0.25, 0.3) is 0 Å². The molecular weight excluding hydrogens is 336 g/mol. The zero-order valence-corrected chi connectivity index (χ0v) is 15.2. The van der Waals surface area contributed by atoms with E-state index in [9.17, 15) is 9.59 Å². The summed E-state index contributed by atoms with van der Waals surface area (Å²) in [5.41, 5.74) is 1.04. The lowest BCUT2D eigenvalue weighted by Gasteiger charge is -2.23. The predicted molar refractivity (Wildman–Crippen MR) is 99.2 cm³/mol. The average Bonchev–Trinajstić information content (AvgIpc) is 2.65. The van der Waals surface area contributed by atoms with Crippen molar-refractivity contribution in [2.75, 3.05) is 38.1 Å². The highest BCUT2D eigenvalue weighted by Crippen LogP contribution is 2.32. The number of carbonyl (C=O) groups is 2. The quantitative estimate of drug-likeness (QED) is 0.823. The van der Waals surface area contributed by atoms with E-state index < -0.39 is 0 Å². The van der Waals surface area contributed by atoms with Gasteiger partial charge < -0.3 is 19.5 Å². The zero-order valence-electron chi connectivity index (χ0n) is 15.2. The number of anilines is 2. The summed E-state index contributed by atoms with van der Waals surface area (Å²) in [7, 11) is 4.58. The lowest BCUT2D eigenvalue weighted by molar-refractivity contribution is -0.120. The van der Waals surface area contributed by atoms with E-state index in [0.29, 0.717) is 28.6 Å². The van der Waals surface area contributed by atoms with Crippen LogP contribution >= 0.6 is 0 Å². The highest BCUT2D eigenvalue weighted by atomic mass is 16.5. The van der Waals surface area contributed by atoms with Gasteiger partial charge in [-0.1, -0.05) is 6.07 Å².